The average Bonchev–Trinajstić information content (AvgIpc) is 3.16. The minimum atomic E-state index is 0.0880. The number of hydrogen-bond donors (Lipinski definition) is 1. The molecule has 0 amide bonds. The second-order valence-corrected chi connectivity index (χ2v) is 4.25. The van der Waals surface area contributed by atoms with Crippen molar-refractivity contribution in [2.24, 2.45) is 0 Å². The molecule has 0 bridgehead atoms. The van der Waals surface area contributed by atoms with Crippen LogP contribution >= 0.6 is 0 Å². The molecule has 4 aromatic rings. The van der Waals surface area contributed by atoms with Crippen molar-refractivity contribution in [3.63, 3.8) is 0 Å². The molecule has 2 N–H and O–H groups in total. The molecule has 21 heavy (non-hydrogen) atoms. The van der Waals surface area contributed by atoms with Crippen molar-refractivity contribution in [3.8, 4) is 11.9 Å². The largest absolute Gasteiger partial charge is 0.368 e. The lowest BCUT2D eigenvalue weighted by atomic mass is 10.3. The molecule has 3 heterocycles. The van der Waals surface area contributed by atoms with Crippen molar-refractivity contribution >= 4 is 16.9 Å². The van der Waals surface area contributed by atoms with Gasteiger partial charge in [-0.05, 0) is 6.07 Å². The first-order valence-corrected chi connectivity index (χ1v) is 6.11. The maximum atomic E-state index is 5.75. The lowest BCUT2D eigenvalue weighted by molar-refractivity contribution is 0.757. The van der Waals surface area contributed by atoms with E-state index in [1.165, 1.54) is 17.3 Å². The third-order valence-electron chi connectivity index (χ3n) is 2.92. The monoisotopic (exact) mass is 279 g/mol. The summed E-state index contributed by atoms with van der Waals surface area (Å²) in [5.41, 5.74) is 6.63. The maximum Gasteiger partial charge on any atom is 0.258 e. The summed E-state index contributed by atoms with van der Waals surface area (Å²) in [5.74, 6) is 0.703. The number of benzene rings is 1. The molecule has 0 radical (unpaired) electrons. The molecule has 0 unspecified atom stereocenters. The smallest absolute Gasteiger partial charge is 0.258 e. The van der Waals surface area contributed by atoms with Crippen LogP contribution in [0.4, 0.5) is 5.95 Å². The average molecular weight is 279 g/mol. The van der Waals surface area contributed by atoms with E-state index in [-0.39, 0.29) is 11.9 Å². The number of nitrogens with zero attached hydrogens (tertiary/aromatic N) is 8. The van der Waals surface area contributed by atoms with E-state index in [2.05, 4.69) is 30.1 Å². The van der Waals surface area contributed by atoms with E-state index in [0.29, 0.717) is 5.95 Å². The maximum absolute atomic E-state index is 5.75. The van der Waals surface area contributed by atoms with Crippen LogP contribution in [0.25, 0.3) is 22.8 Å². The van der Waals surface area contributed by atoms with Gasteiger partial charge in [0.2, 0.25) is 5.95 Å². The van der Waals surface area contributed by atoms with Crippen molar-refractivity contribution in [1.29, 1.82) is 0 Å². The molecule has 9 heteroatoms. The fourth-order valence-electron chi connectivity index (χ4n) is 2.01. The van der Waals surface area contributed by atoms with Crippen LogP contribution in [0.5, 0.6) is 0 Å². The number of hydrogen-bond acceptors (Lipinski definition) is 7. The molecular formula is C12H9N9. The van der Waals surface area contributed by atoms with Crippen LogP contribution in [0, 0.1) is 0 Å². The summed E-state index contributed by atoms with van der Waals surface area (Å²) in [6.45, 7) is 0. The zero-order valence-corrected chi connectivity index (χ0v) is 10.7. The third-order valence-corrected chi connectivity index (χ3v) is 2.92. The first kappa shape index (κ1) is 11.5. The molecule has 1 aromatic carbocycles. The molecule has 102 valence electrons. The van der Waals surface area contributed by atoms with Crippen LogP contribution in [-0.4, -0.2) is 39.5 Å². The second-order valence-electron chi connectivity index (χ2n) is 4.25. The van der Waals surface area contributed by atoms with Crippen LogP contribution in [0.2, 0.25) is 0 Å². The minimum absolute atomic E-state index is 0.0880. The normalized spacial score (nSPS) is 11.0. The van der Waals surface area contributed by atoms with Gasteiger partial charge in [0.05, 0.1) is 11.7 Å². The van der Waals surface area contributed by atoms with Crippen LogP contribution in [-0.2, 0) is 0 Å². The lowest BCUT2D eigenvalue weighted by Gasteiger charge is -2.05. The lowest BCUT2D eigenvalue weighted by Crippen LogP contribution is -2.12. The Kier molecular flexibility index (Phi) is 2.37. The summed E-state index contributed by atoms with van der Waals surface area (Å²) in [6, 6.07) is 7.75. The number of fused-ring (bicyclic) bond motifs is 1. The molecular weight excluding hydrogens is 270 g/mol. The van der Waals surface area contributed by atoms with Gasteiger partial charge in [-0.3, -0.25) is 0 Å². The molecule has 0 aliphatic heterocycles. The SMILES string of the molecule is Nc1nc(-n2cncn2)nc(-n2ncc3ccccc32)n1. The van der Waals surface area contributed by atoms with Gasteiger partial charge < -0.3 is 5.73 Å². The van der Waals surface area contributed by atoms with Crippen LogP contribution in [0.15, 0.2) is 43.1 Å². The van der Waals surface area contributed by atoms with Crippen molar-refractivity contribution in [3.05, 3.63) is 43.1 Å². The van der Waals surface area contributed by atoms with E-state index >= 15 is 0 Å². The third kappa shape index (κ3) is 1.87. The highest BCUT2D eigenvalue weighted by atomic mass is 15.4. The zero-order chi connectivity index (χ0) is 14.2. The first-order valence-electron chi connectivity index (χ1n) is 6.11. The van der Waals surface area contributed by atoms with Gasteiger partial charge in [0.25, 0.3) is 11.9 Å². The number of para-hydroxylation sites is 1. The van der Waals surface area contributed by atoms with Gasteiger partial charge in [-0.1, -0.05) is 18.2 Å². The highest BCUT2D eigenvalue weighted by Crippen LogP contribution is 2.16. The second kappa shape index (κ2) is 4.34. The minimum Gasteiger partial charge on any atom is -0.368 e. The Morgan fingerprint density at radius 2 is 1.81 bits per heavy atom. The molecule has 0 atom stereocenters. The Hall–Kier alpha value is -3.36. The number of nitrogens with two attached hydrogens (primary N) is 1. The number of rotatable bonds is 2. The summed E-state index contributed by atoms with van der Waals surface area (Å²) >= 11 is 0. The predicted octanol–water partition coefficient (Wildman–Crippen LogP) is 0.373. The van der Waals surface area contributed by atoms with E-state index in [9.17, 15) is 0 Å². The number of aromatic nitrogens is 8. The van der Waals surface area contributed by atoms with Gasteiger partial charge in [0, 0.05) is 5.39 Å². The number of nitrogen functional groups attached to an aromatic ring is 1. The van der Waals surface area contributed by atoms with Crippen molar-refractivity contribution in [2.45, 2.75) is 0 Å². The van der Waals surface area contributed by atoms with Crippen LogP contribution in [0.3, 0.4) is 0 Å². The summed E-state index contributed by atoms with van der Waals surface area (Å²) < 4.78 is 3.01. The van der Waals surface area contributed by atoms with Gasteiger partial charge in [-0.15, -0.1) is 0 Å². The van der Waals surface area contributed by atoms with E-state index in [0.717, 1.165) is 10.9 Å². The van der Waals surface area contributed by atoms with Crippen LogP contribution in [0.1, 0.15) is 0 Å². The van der Waals surface area contributed by atoms with Crippen molar-refractivity contribution < 1.29 is 0 Å². The Bertz CT molecular complexity index is 910. The van der Waals surface area contributed by atoms with E-state index < -0.39 is 0 Å². The quantitative estimate of drug-likeness (QED) is 0.564. The fourth-order valence-corrected chi connectivity index (χ4v) is 2.01. The van der Waals surface area contributed by atoms with Gasteiger partial charge in [-0.25, -0.2) is 4.98 Å². The molecule has 0 aliphatic carbocycles. The first-order chi connectivity index (χ1) is 10.3. The summed E-state index contributed by atoms with van der Waals surface area (Å²) in [5, 5.41) is 9.26. The van der Waals surface area contributed by atoms with E-state index in [1.807, 2.05) is 24.3 Å². The molecule has 9 nitrogen and oxygen atoms in total. The Morgan fingerprint density at radius 1 is 0.952 bits per heavy atom. The van der Waals surface area contributed by atoms with E-state index in [4.69, 9.17) is 5.73 Å². The summed E-state index contributed by atoms with van der Waals surface area (Å²) in [6.07, 6.45) is 4.62. The summed E-state index contributed by atoms with van der Waals surface area (Å²) in [4.78, 5) is 16.4. The molecule has 0 spiro atoms. The molecule has 0 aliphatic rings. The molecule has 3 aromatic heterocycles. The van der Waals surface area contributed by atoms with Crippen LogP contribution < -0.4 is 5.73 Å². The molecule has 0 saturated carbocycles. The number of anilines is 1. The summed E-state index contributed by atoms with van der Waals surface area (Å²) in [7, 11) is 0. The van der Waals surface area contributed by atoms with Gasteiger partial charge in [0.15, 0.2) is 0 Å². The molecule has 0 saturated heterocycles. The van der Waals surface area contributed by atoms with Gasteiger partial charge in [0.1, 0.15) is 12.7 Å². The highest BCUT2D eigenvalue weighted by Gasteiger charge is 2.11. The zero-order valence-electron chi connectivity index (χ0n) is 10.7. The van der Waals surface area contributed by atoms with Gasteiger partial charge >= 0.3 is 0 Å². The fraction of sp³-hybridized carbons (Fsp3) is 0. The Labute approximate surface area is 118 Å². The molecule has 0 fully saturated rings. The topological polar surface area (TPSA) is 113 Å². The van der Waals surface area contributed by atoms with Gasteiger partial charge in [-0.2, -0.15) is 34.5 Å². The van der Waals surface area contributed by atoms with Crippen molar-refractivity contribution in [1.82, 2.24) is 39.5 Å². The Balaban J connectivity index is 1.93. The van der Waals surface area contributed by atoms with Crippen molar-refractivity contribution in [2.75, 3.05) is 5.73 Å². The standard InChI is InChI=1S/C12H9N9/c13-10-17-11(20-7-14-6-16-20)19-12(18-10)21-9-4-2-1-3-8(9)5-15-21/h1-7H,(H2,13,17,18,19). The molecule has 4 rings (SSSR count). The Morgan fingerprint density at radius 3 is 2.67 bits per heavy atom. The highest BCUT2D eigenvalue weighted by molar-refractivity contribution is 5.79. The predicted molar refractivity (Wildman–Crippen MR) is 73.8 cm³/mol. The van der Waals surface area contributed by atoms with E-state index in [1.54, 1.807) is 10.9 Å².